The second-order valence-electron chi connectivity index (χ2n) is 6.42. The summed E-state index contributed by atoms with van der Waals surface area (Å²) in [5.74, 6) is -12.8. The van der Waals surface area contributed by atoms with Gasteiger partial charge in [0, 0.05) is 22.2 Å². The molecule has 146 valence electrons. The number of pyridine rings is 1. The van der Waals surface area contributed by atoms with Gasteiger partial charge in [0.2, 0.25) is 11.7 Å². The third kappa shape index (κ3) is 2.60. The zero-order chi connectivity index (χ0) is 21.0. The minimum Gasteiger partial charge on any atom is -0.438 e. The standard InChI is InChI=1S/C20H10F5N3O/c1-7-2-3-8-4-5-9-11(10(6-26)20(27)29-19(9)18(8)28-7)12-13(21)15(23)17(25)16(24)14(12)22/h2-5,11H,27H2,1H3. The summed E-state index contributed by atoms with van der Waals surface area (Å²) >= 11 is 0. The zero-order valence-corrected chi connectivity index (χ0v) is 14.7. The number of ether oxygens (including phenoxy) is 1. The number of hydrogen-bond acceptors (Lipinski definition) is 4. The molecule has 1 aliphatic heterocycles. The molecule has 9 heteroatoms. The molecule has 0 radical (unpaired) electrons. The molecule has 0 spiro atoms. The van der Waals surface area contributed by atoms with Crippen molar-refractivity contribution in [1.82, 2.24) is 4.98 Å². The van der Waals surface area contributed by atoms with E-state index >= 15 is 0 Å². The second-order valence-corrected chi connectivity index (χ2v) is 6.42. The number of aryl methyl sites for hydroxylation is 1. The Bertz CT molecular complexity index is 1250. The predicted molar refractivity (Wildman–Crippen MR) is 92.0 cm³/mol. The van der Waals surface area contributed by atoms with Gasteiger partial charge in [0.1, 0.15) is 17.2 Å². The van der Waals surface area contributed by atoms with Crippen molar-refractivity contribution < 1.29 is 26.7 Å². The third-order valence-electron chi connectivity index (χ3n) is 4.72. The predicted octanol–water partition coefficient (Wildman–Crippen LogP) is 4.46. The first-order valence-electron chi connectivity index (χ1n) is 8.25. The van der Waals surface area contributed by atoms with Gasteiger partial charge in [-0.3, -0.25) is 0 Å². The molecule has 0 saturated heterocycles. The van der Waals surface area contributed by atoms with E-state index in [1.165, 1.54) is 6.07 Å². The van der Waals surface area contributed by atoms with Crippen molar-refractivity contribution in [2.75, 3.05) is 0 Å². The summed E-state index contributed by atoms with van der Waals surface area (Å²) in [7, 11) is 0. The smallest absolute Gasteiger partial charge is 0.205 e. The van der Waals surface area contributed by atoms with Crippen LogP contribution >= 0.6 is 0 Å². The van der Waals surface area contributed by atoms with Crippen molar-refractivity contribution in [1.29, 1.82) is 5.26 Å². The summed E-state index contributed by atoms with van der Waals surface area (Å²) in [4.78, 5) is 4.31. The van der Waals surface area contributed by atoms with Crippen molar-refractivity contribution in [3.63, 3.8) is 0 Å². The zero-order valence-electron chi connectivity index (χ0n) is 14.7. The summed E-state index contributed by atoms with van der Waals surface area (Å²) < 4.78 is 75.7. The average molecular weight is 403 g/mol. The first-order chi connectivity index (χ1) is 13.8. The molecule has 0 amide bonds. The molecular formula is C20H10F5N3O. The Labute approximate surface area is 160 Å². The lowest BCUT2D eigenvalue weighted by atomic mass is 9.82. The molecular weight excluding hydrogens is 393 g/mol. The largest absolute Gasteiger partial charge is 0.438 e. The van der Waals surface area contributed by atoms with Crippen LogP contribution in [0.15, 0.2) is 35.7 Å². The van der Waals surface area contributed by atoms with Gasteiger partial charge in [-0.1, -0.05) is 18.2 Å². The Morgan fingerprint density at radius 1 is 0.966 bits per heavy atom. The molecule has 2 N–H and O–H groups in total. The van der Waals surface area contributed by atoms with Crippen LogP contribution in [0.5, 0.6) is 5.75 Å². The van der Waals surface area contributed by atoms with Crippen molar-refractivity contribution in [3.8, 4) is 11.8 Å². The van der Waals surface area contributed by atoms with Gasteiger partial charge in [0.15, 0.2) is 29.0 Å². The fourth-order valence-corrected chi connectivity index (χ4v) is 3.37. The van der Waals surface area contributed by atoms with Gasteiger partial charge >= 0.3 is 0 Å². The van der Waals surface area contributed by atoms with Gasteiger partial charge < -0.3 is 10.5 Å². The van der Waals surface area contributed by atoms with Gasteiger partial charge in [0.05, 0.1) is 5.92 Å². The van der Waals surface area contributed by atoms with E-state index in [1.807, 2.05) is 0 Å². The maximum Gasteiger partial charge on any atom is 0.205 e. The van der Waals surface area contributed by atoms with Crippen molar-refractivity contribution in [2.24, 2.45) is 5.73 Å². The van der Waals surface area contributed by atoms with Crippen LogP contribution in [0.1, 0.15) is 22.7 Å². The minimum absolute atomic E-state index is 0.00422. The lowest BCUT2D eigenvalue weighted by molar-refractivity contribution is 0.362. The molecule has 2 aromatic carbocycles. The summed E-state index contributed by atoms with van der Waals surface area (Å²) in [5, 5.41) is 10.1. The highest BCUT2D eigenvalue weighted by Crippen LogP contribution is 2.46. The molecule has 0 fully saturated rings. The fourth-order valence-electron chi connectivity index (χ4n) is 3.37. The molecule has 0 saturated carbocycles. The Hall–Kier alpha value is -3.67. The summed E-state index contributed by atoms with van der Waals surface area (Å²) in [6, 6.07) is 8.00. The monoisotopic (exact) mass is 403 g/mol. The minimum atomic E-state index is -2.29. The highest BCUT2D eigenvalue weighted by molar-refractivity contribution is 5.87. The van der Waals surface area contributed by atoms with E-state index < -0.39 is 52.0 Å². The van der Waals surface area contributed by atoms with Crippen LogP contribution in [0.25, 0.3) is 10.9 Å². The van der Waals surface area contributed by atoms with E-state index in [0.717, 1.165) is 0 Å². The van der Waals surface area contributed by atoms with Crippen LogP contribution in [0.4, 0.5) is 22.0 Å². The maximum absolute atomic E-state index is 14.5. The van der Waals surface area contributed by atoms with E-state index in [2.05, 4.69) is 4.98 Å². The van der Waals surface area contributed by atoms with Gasteiger partial charge in [-0.2, -0.15) is 5.26 Å². The van der Waals surface area contributed by atoms with Crippen LogP contribution < -0.4 is 10.5 Å². The second kappa shape index (κ2) is 6.44. The first kappa shape index (κ1) is 18.7. The number of allylic oxidation sites excluding steroid dienone is 1. The van der Waals surface area contributed by atoms with Gasteiger partial charge in [0.25, 0.3) is 0 Å². The molecule has 1 aromatic heterocycles. The Morgan fingerprint density at radius 2 is 1.55 bits per heavy atom. The number of fused-ring (bicyclic) bond motifs is 3. The highest BCUT2D eigenvalue weighted by Gasteiger charge is 2.39. The van der Waals surface area contributed by atoms with Crippen LogP contribution in [-0.4, -0.2) is 4.98 Å². The fraction of sp³-hybridized carbons (Fsp3) is 0.100. The van der Waals surface area contributed by atoms with E-state index in [-0.39, 0.29) is 16.8 Å². The van der Waals surface area contributed by atoms with Crippen molar-refractivity contribution in [3.05, 3.63) is 81.6 Å². The molecule has 4 nitrogen and oxygen atoms in total. The normalized spacial score (nSPS) is 15.8. The van der Waals surface area contributed by atoms with Crippen molar-refractivity contribution in [2.45, 2.75) is 12.8 Å². The number of rotatable bonds is 1. The van der Waals surface area contributed by atoms with Crippen molar-refractivity contribution >= 4 is 10.9 Å². The van der Waals surface area contributed by atoms with Gasteiger partial charge in [-0.05, 0) is 13.0 Å². The Morgan fingerprint density at radius 3 is 2.17 bits per heavy atom. The SMILES string of the molecule is Cc1ccc2ccc3c(c2n1)OC(N)=C(C#N)C3c1c(F)c(F)c(F)c(F)c1F. The molecule has 4 rings (SSSR count). The number of nitrogens with zero attached hydrogens (tertiary/aromatic N) is 2. The molecule has 2 heterocycles. The topological polar surface area (TPSA) is 71.9 Å². The molecule has 0 bridgehead atoms. The molecule has 1 unspecified atom stereocenters. The van der Waals surface area contributed by atoms with Crippen LogP contribution in [0.2, 0.25) is 0 Å². The molecule has 29 heavy (non-hydrogen) atoms. The highest BCUT2D eigenvalue weighted by atomic mass is 19.2. The van der Waals surface area contributed by atoms with Crippen LogP contribution in [0, 0.1) is 47.3 Å². The van der Waals surface area contributed by atoms with Crippen LogP contribution in [-0.2, 0) is 0 Å². The molecule has 0 aliphatic carbocycles. The number of benzene rings is 2. The van der Waals surface area contributed by atoms with Crippen LogP contribution in [0.3, 0.4) is 0 Å². The molecule has 1 aliphatic rings. The number of hydrogen-bond donors (Lipinski definition) is 1. The van der Waals surface area contributed by atoms with E-state index in [9.17, 15) is 27.2 Å². The number of nitrogens with two attached hydrogens (primary N) is 1. The van der Waals surface area contributed by atoms with E-state index in [4.69, 9.17) is 10.5 Å². The Kier molecular flexibility index (Phi) is 4.15. The number of nitriles is 1. The summed E-state index contributed by atoms with van der Waals surface area (Å²) in [6.45, 7) is 1.70. The number of aromatic nitrogens is 1. The lowest BCUT2D eigenvalue weighted by Gasteiger charge is -2.27. The summed E-state index contributed by atoms with van der Waals surface area (Å²) in [5.41, 5.74) is 4.98. The average Bonchev–Trinajstić information content (AvgIpc) is 2.70. The molecule has 1 atom stereocenters. The Balaban J connectivity index is 2.12. The summed E-state index contributed by atoms with van der Waals surface area (Å²) in [6.07, 6.45) is 0. The first-order valence-corrected chi connectivity index (χ1v) is 8.25. The van der Waals surface area contributed by atoms with Gasteiger partial charge in [-0.15, -0.1) is 0 Å². The third-order valence-corrected chi connectivity index (χ3v) is 4.72. The molecule has 3 aromatic rings. The van der Waals surface area contributed by atoms with E-state index in [1.54, 1.807) is 31.2 Å². The van der Waals surface area contributed by atoms with E-state index in [0.29, 0.717) is 11.1 Å². The maximum atomic E-state index is 14.5. The lowest BCUT2D eigenvalue weighted by Crippen LogP contribution is -2.24. The number of halogens is 5. The van der Waals surface area contributed by atoms with Gasteiger partial charge in [-0.25, -0.2) is 26.9 Å². The quantitative estimate of drug-likeness (QED) is 0.370.